The number of hydrogen-bond donors (Lipinski definition) is 3. The van der Waals surface area contributed by atoms with E-state index in [1.807, 2.05) is 0 Å². The van der Waals surface area contributed by atoms with E-state index >= 15 is 0 Å². The van der Waals surface area contributed by atoms with Gasteiger partial charge in [-0.15, -0.1) is 12.4 Å². The summed E-state index contributed by atoms with van der Waals surface area (Å²) in [5.41, 5.74) is 11.9. The van der Waals surface area contributed by atoms with E-state index in [-0.39, 0.29) is 24.2 Å². The maximum absolute atomic E-state index is 8.94. The molecule has 0 aliphatic carbocycles. The van der Waals surface area contributed by atoms with E-state index in [2.05, 4.69) is 0 Å². The Balaban J connectivity index is 0.00000121. The van der Waals surface area contributed by atoms with Crippen molar-refractivity contribution in [3.63, 3.8) is 0 Å². The zero-order valence-electron chi connectivity index (χ0n) is 6.60. The third-order valence-electron chi connectivity index (χ3n) is 1.58. The van der Waals surface area contributed by atoms with Gasteiger partial charge in [-0.05, 0) is 17.7 Å². The Morgan fingerprint density at radius 3 is 2.17 bits per heavy atom. The molecule has 0 amide bonds. The average molecular weight is 189 g/mol. The molecular weight excluding hydrogens is 176 g/mol. The lowest BCUT2D eigenvalue weighted by Crippen LogP contribution is -2.20. The van der Waals surface area contributed by atoms with Gasteiger partial charge < -0.3 is 16.6 Å². The Morgan fingerprint density at radius 1 is 1.25 bits per heavy atom. The van der Waals surface area contributed by atoms with Crippen LogP contribution in [-0.4, -0.2) is 11.7 Å². The number of halogens is 1. The molecule has 0 spiro atoms. The topological polar surface area (TPSA) is 72.3 Å². The van der Waals surface area contributed by atoms with Crippen LogP contribution in [0.25, 0.3) is 0 Å². The number of nitrogens with two attached hydrogens (primary N) is 2. The quantitative estimate of drug-likeness (QED) is 0.642. The number of rotatable bonds is 2. The third-order valence-corrected chi connectivity index (χ3v) is 1.58. The number of aromatic hydroxyl groups is 1. The van der Waals surface area contributed by atoms with Crippen molar-refractivity contribution >= 4 is 12.4 Å². The summed E-state index contributed by atoms with van der Waals surface area (Å²) in [5, 5.41) is 8.94. The van der Waals surface area contributed by atoms with Gasteiger partial charge in [0.15, 0.2) is 0 Å². The summed E-state index contributed by atoms with van der Waals surface area (Å²) in [6, 6.07) is 6.62. The summed E-state index contributed by atoms with van der Waals surface area (Å²) >= 11 is 0. The van der Waals surface area contributed by atoms with E-state index in [1.165, 1.54) is 0 Å². The first-order chi connectivity index (χ1) is 5.24. The van der Waals surface area contributed by atoms with Gasteiger partial charge in [-0.25, -0.2) is 0 Å². The van der Waals surface area contributed by atoms with Crippen LogP contribution in [-0.2, 0) is 0 Å². The third kappa shape index (κ3) is 2.70. The van der Waals surface area contributed by atoms with Crippen LogP contribution in [0.15, 0.2) is 24.3 Å². The van der Waals surface area contributed by atoms with Crippen LogP contribution in [0.2, 0.25) is 0 Å². The first kappa shape index (κ1) is 11.2. The highest BCUT2D eigenvalue weighted by atomic mass is 35.5. The summed E-state index contributed by atoms with van der Waals surface area (Å²) in [6.07, 6.45) is 0. The lowest BCUT2D eigenvalue weighted by Gasteiger charge is -2.07. The van der Waals surface area contributed by atoms with Crippen LogP contribution in [0, 0.1) is 0 Å². The zero-order chi connectivity index (χ0) is 8.27. The molecule has 0 aromatic heterocycles. The molecule has 0 radical (unpaired) electrons. The van der Waals surface area contributed by atoms with Gasteiger partial charge in [-0.1, -0.05) is 12.1 Å². The van der Waals surface area contributed by atoms with Crippen molar-refractivity contribution in [2.24, 2.45) is 11.5 Å². The van der Waals surface area contributed by atoms with E-state index in [1.54, 1.807) is 24.3 Å². The van der Waals surface area contributed by atoms with Crippen LogP contribution in [0.4, 0.5) is 0 Å². The van der Waals surface area contributed by atoms with E-state index in [0.717, 1.165) is 5.56 Å². The lowest BCUT2D eigenvalue weighted by molar-refractivity contribution is 0.475. The molecule has 1 aromatic carbocycles. The zero-order valence-corrected chi connectivity index (χ0v) is 7.42. The van der Waals surface area contributed by atoms with Crippen molar-refractivity contribution < 1.29 is 5.11 Å². The van der Waals surface area contributed by atoms with Crippen molar-refractivity contribution in [2.45, 2.75) is 6.04 Å². The molecule has 12 heavy (non-hydrogen) atoms. The summed E-state index contributed by atoms with van der Waals surface area (Å²) in [5.74, 6) is 0.248. The molecule has 4 heteroatoms. The molecule has 0 saturated heterocycles. The summed E-state index contributed by atoms with van der Waals surface area (Å²) in [7, 11) is 0. The fourth-order valence-electron chi connectivity index (χ4n) is 0.858. The number of benzene rings is 1. The standard InChI is InChI=1S/C8H12N2O.ClH/c9-5-8(10)6-1-3-7(11)4-2-6;/h1-4,8,11H,5,9-10H2;1H/t8-;/m0./s1. The second kappa shape index (κ2) is 4.98. The fraction of sp³-hybridized carbons (Fsp3) is 0.250. The predicted octanol–water partition coefficient (Wildman–Crippen LogP) is 0.772. The molecule has 1 aromatic rings. The van der Waals surface area contributed by atoms with Gasteiger partial charge in [-0.3, -0.25) is 0 Å². The first-order valence-electron chi connectivity index (χ1n) is 3.48. The normalized spacial score (nSPS) is 11.8. The second-order valence-corrected chi connectivity index (χ2v) is 2.43. The van der Waals surface area contributed by atoms with Crippen molar-refractivity contribution in [1.29, 1.82) is 0 Å². The minimum Gasteiger partial charge on any atom is -0.508 e. The Morgan fingerprint density at radius 2 is 1.75 bits per heavy atom. The van der Waals surface area contributed by atoms with Gasteiger partial charge in [0, 0.05) is 12.6 Å². The first-order valence-corrected chi connectivity index (χ1v) is 3.48. The Labute approximate surface area is 77.8 Å². The predicted molar refractivity (Wildman–Crippen MR) is 51.3 cm³/mol. The maximum Gasteiger partial charge on any atom is 0.115 e. The molecule has 0 bridgehead atoms. The molecule has 0 heterocycles. The van der Waals surface area contributed by atoms with Crippen molar-refractivity contribution in [2.75, 3.05) is 6.54 Å². The molecule has 1 atom stereocenters. The molecular formula is C8H13ClN2O. The van der Waals surface area contributed by atoms with Gasteiger partial charge >= 0.3 is 0 Å². The van der Waals surface area contributed by atoms with Crippen molar-refractivity contribution in [3.05, 3.63) is 29.8 Å². The van der Waals surface area contributed by atoms with Gasteiger partial charge in [0.2, 0.25) is 0 Å². The van der Waals surface area contributed by atoms with Crippen LogP contribution in [0.5, 0.6) is 5.75 Å². The fourth-order valence-corrected chi connectivity index (χ4v) is 0.858. The van der Waals surface area contributed by atoms with Crippen molar-refractivity contribution in [3.8, 4) is 5.75 Å². The minimum atomic E-state index is -0.129. The average Bonchev–Trinajstić information content (AvgIpc) is 2.05. The largest absolute Gasteiger partial charge is 0.508 e. The molecule has 68 valence electrons. The molecule has 0 saturated carbocycles. The van der Waals surface area contributed by atoms with Crippen LogP contribution < -0.4 is 11.5 Å². The molecule has 0 fully saturated rings. The molecule has 1 rings (SSSR count). The van der Waals surface area contributed by atoms with Gasteiger partial charge in [0.1, 0.15) is 5.75 Å². The number of phenolic OH excluding ortho intramolecular Hbond substituents is 1. The smallest absolute Gasteiger partial charge is 0.115 e. The molecule has 0 aliphatic rings. The molecule has 5 N–H and O–H groups in total. The van der Waals surface area contributed by atoms with E-state index in [9.17, 15) is 0 Å². The number of phenols is 1. The Bertz CT molecular complexity index is 225. The lowest BCUT2D eigenvalue weighted by atomic mass is 10.1. The van der Waals surface area contributed by atoms with Crippen molar-refractivity contribution in [1.82, 2.24) is 0 Å². The van der Waals surface area contributed by atoms with E-state index in [0.29, 0.717) is 6.54 Å². The molecule has 0 unspecified atom stereocenters. The summed E-state index contributed by atoms with van der Waals surface area (Å²) < 4.78 is 0. The van der Waals surface area contributed by atoms with Gasteiger partial charge in [-0.2, -0.15) is 0 Å². The second-order valence-electron chi connectivity index (χ2n) is 2.43. The number of hydrogen-bond acceptors (Lipinski definition) is 3. The van der Waals surface area contributed by atoms with Gasteiger partial charge in [0.25, 0.3) is 0 Å². The maximum atomic E-state index is 8.94. The highest BCUT2D eigenvalue weighted by Gasteiger charge is 2.01. The van der Waals surface area contributed by atoms with E-state index in [4.69, 9.17) is 16.6 Å². The van der Waals surface area contributed by atoms with Crippen LogP contribution in [0.1, 0.15) is 11.6 Å². The monoisotopic (exact) mass is 188 g/mol. The molecule has 0 aliphatic heterocycles. The van der Waals surface area contributed by atoms with Gasteiger partial charge in [0.05, 0.1) is 0 Å². The molecule has 3 nitrogen and oxygen atoms in total. The minimum absolute atomic E-state index is 0. The summed E-state index contributed by atoms with van der Waals surface area (Å²) in [6.45, 7) is 0.421. The summed E-state index contributed by atoms with van der Waals surface area (Å²) in [4.78, 5) is 0. The Kier molecular flexibility index (Phi) is 4.66. The Hall–Kier alpha value is -0.770. The SMILES string of the molecule is Cl.NC[C@H](N)c1ccc(O)cc1. The van der Waals surface area contributed by atoms with E-state index < -0.39 is 0 Å². The highest BCUT2D eigenvalue weighted by molar-refractivity contribution is 5.85. The van der Waals surface area contributed by atoms with Crippen LogP contribution >= 0.6 is 12.4 Å². The highest BCUT2D eigenvalue weighted by Crippen LogP contribution is 2.13. The van der Waals surface area contributed by atoms with Crippen LogP contribution in [0.3, 0.4) is 0 Å².